The third-order valence-corrected chi connectivity index (χ3v) is 2.40. The molecule has 1 fully saturated rings. The van der Waals surface area contributed by atoms with Crippen LogP contribution in [0.15, 0.2) is 18.5 Å². The Morgan fingerprint density at radius 2 is 2.27 bits per heavy atom. The van der Waals surface area contributed by atoms with Crippen LogP contribution >= 0.6 is 0 Å². The molecule has 1 heterocycles. The fraction of sp³-hybridized carbons (Fsp3) is 0.636. The average molecular weight is 208 g/mol. The van der Waals surface area contributed by atoms with E-state index in [-0.39, 0.29) is 23.5 Å². The molecule has 1 saturated carbocycles. The molecule has 2 atom stereocenters. The topological polar surface area (TPSA) is 44.1 Å². The van der Waals surface area contributed by atoms with Crippen molar-refractivity contribution in [3.05, 3.63) is 18.5 Å². The van der Waals surface area contributed by atoms with Crippen molar-refractivity contribution in [3.63, 3.8) is 0 Å². The van der Waals surface area contributed by atoms with Gasteiger partial charge in [0.05, 0.1) is 11.7 Å². The Kier molecular flexibility index (Phi) is 2.38. The van der Waals surface area contributed by atoms with Gasteiger partial charge in [0.1, 0.15) is 6.04 Å². The van der Waals surface area contributed by atoms with Gasteiger partial charge in [-0.2, -0.15) is 5.10 Å². The zero-order chi connectivity index (χ0) is 11.1. The minimum absolute atomic E-state index is 0.0302. The zero-order valence-electron chi connectivity index (χ0n) is 9.30. The molecule has 4 nitrogen and oxygen atoms in total. The van der Waals surface area contributed by atoms with Crippen molar-refractivity contribution >= 4 is 5.78 Å². The molecule has 0 amide bonds. The van der Waals surface area contributed by atoms with Gasteiger partial charge in [0.15, 0.2) is 5.78 Å². The summed E-state index contributed by atoms with van der Waals surface area (Å²) in [7, 11) is 0. The highest BCUT2D eigenvalue weighted by atomic mass is 16.5. The molecule has 0 aliphatic heterocycles. The van der Waals surface area contributed by atoms with Crippen LogP contribution < -0.4 is 0 Å². The van der Waals surface area contributed by atoms with Gasteiger partial charge in [-0.1, -0.05) is 0 Å². The van der Waals surface area contributed by atoms with Gasteiger partial charge >= 0.3 is 0 Å². The fourth-order valence-electron chi connectivity index (χ4n) is 1.80. The Bertz CT molecular complexity index is 351. The first-order valence-corrected chi connectivity index (χ1v) is 5.17. The van der Waals surface area contributed by atoms with Crippen molar-refractivity contribution in [1.82, 2.24) is 9.78 Å². The lowest BCUT2D eigenvalue weighted by Crippen LogP contribution is -2.48. The molecule has 0 spiro atoms. The fourth-order valence-corrected chi connectivity index (χ4v) is 1.80. The molecule has 1 aromatic rings. The van der Waals surface area contributed by atoms with Crippen molar-refractivity contribution in [2.24, 2.45) is 0 Å². The van der Waals surface area contributed by atoms with E-state index >= 15 is 0 Å². The number of carbonyl (C=O) groups excluding carboxylic acids is 1. The maximum Gasteiger partial charge on any atom is 0.162 e. The van der Waals surface area contributed by atoms with Gasteiger partial charge in [0.25, 0.3) is 0 Å². The van der Waals surface area contributed by atoms with Crippen LogP contribution in [0.5, 0.6) is 0 Å². The summed E-state index contributed by atoms with van der Waals surface area (Å²) in [6.45, 7) is 5.99. The Labute approximate surface area is 89.2 Å². The highest BCUT2D eigenvalue weighted by Gasteiger charge is 2.44. The van der Waals surface area contributed by atoms with E-state index in [1.54, 1.807) is 17.1 Å². The van der Waals surface area contributed by atoms with Gasteiger partial charge in [-0.25, -0.2) is 0 Å². The first kappa shape index (κ1) is 10.4. The number of hydrogen-bond donors (Lipinski definition) is 0. The number of Topliss-reactive ketones (excluding diaryl/α,β-unsaturated/α-hetero) is 1. The monoisotopic (exact) mass is 208 g/mol. The molecular weight excluding hydrogens is 192 g/mol. The number of ether oxygens (including phenoxy) is 1. The van der Waals surface area contributed by atoms with Crippen LogP contribution in [0.25, 0.3) is 0 Å². The van der Waals surface area contributed by atoms with Crippen LogP contribution in [0, 0.1) is 0 Å². The number of ketones is 1. The second-order valence-corrected chi connectivity index (χ2v) is 4.87. The first-order chi connectivity index (χ1) is 6.97. The van der Waals surface area contributed by atoms with E-state index in [1.807, 2.05) is 26.8 Å². The number of nitrogens with zero attached hydrogens (tertiary/aromatic N) is 2. The van der Waals surface area contributed by atoms with Gasteiger partial charge in [-0.05, 0) is 26.8 Å². The Morgan fingerprint density at radius 1 is 1.53 bits per heavy atom. The predicted molar refractivity (Wildman–Crippen MR) is 55.5 cm³/mol. The van der Waals surface area contributed by atoms with E-state index in [2.05, 4.69) is 5.10 Å². The number of carbonyl (C=O) groups is 1. The van der Waals surface area contributed by atoms with E-state index in [0.29, 0.717) is 6.42 Å². The highest BCUT2D eigenvalue weighted by molar-refractivity contribution is 5.89. The summed E-state index contributed by atoms with van der Waals surface area (Å²) in [6, 6.07) is 1.60. The predicted octanol–water partition coefficient (Wildman–Crippen LogP) is 1.58. The third kappa shape index (κ3) is 2.09. The van der Waals surface area contributed by atoms with E-state index < -0.39 is 0 Å². The number of hydrogen-bond acceptors (Lipinski definition) is 3. The molecule has 2 unspecified atom stereocenters. The summed E-state index contributed by atoms with van der Waals surface area (Å²) >= 11 is 0. The number of rotatable bonds is 2. The Balaban J connectivity index is 2.08. The summed E-state index contributed by atoms with van der Waals surface area (Å²) in [6.07, 6.45) is 3.96. The Morgan fingerprint density at radius 3 is 2.73 bits per heavy atom. The largest absolute Gasteiger partial charge is 0.369 e. The Hall–Kier alpha value is -1.16. The van der Waals surface area contributed by atoms with Gasteiger partial charge in [0, 0.05) is 18.8 Å². The maximum absolute atomic E-state index is 11.5. The smallest absolute Gasteiger partial charge is 0.162 e. The molecule has 2 rings (SSSR count). The normalized spacial score (nSPS) is 26.5. The molecular formula is C11H16N2O2. The summed E-state index contributed by atoms with van der Waals surface area (Å²) in [5.41, 5.74) is -0.212. The summed E-state index contributed by atoms with van der Waals surface area (Å²) in [5, 5.41) is 4.08. The molecule has 4 heteroatoms. The number of aromatic nitrogens is 2. The third-order valence-electron chi connectivity index (χ3n) is 2.40. The lowest BCUT2D eigenvalue weighted by atomic mass is 9.87. The quantitative estimate of drug-likeness (QED) is 0.741. The zero-order valence-corrected chi connectivity index (χ0v) is 9.30. The first-order valence-electron chi connectivity index (χ1n) is 5.17. The van der Waals surface area contributed by atoms with Crippen molar-refractivity contribution in [1.29, 1.82) is 0 Å². The highest BCUT2D eigenvalue weighted by Crippen LogP contribution is 2.33. The van der Waals surface area contributed by atoms with Crippen molar-refractivity contribution in [2.45, 2.75) is 44.9 Å². The maximum atomic E-state index is 11.5. The molecule has 1 aliphatic carbocycles. The average Bonchev–Trinajstić information content (AvgIpc) is 2.53. The van der Waals surface area contributed by atoms with Gasteiger partial charge < -0.3 is 4.74 Å². The van der Waals surface area contributed by atoms with Gasteiger partial charge in [-0.15, -0.1) is 0 Å². The molecule has 1 aromatic heterocycles. The molecule has 0 radical (unpaired) electrons. The summed E-state index contributed by atoms with van der Waals surface area (Å²) < 4.78 is 7.48. The second-order valence-electron chi connectivity index (χ2n) is 4.87. The van der Waals surface area contributed by atoms with Crippen molar-refractivity contribution in [3.8, 4) is 0 Å². The minimum atomic E-state index is -0.223. The molecule has 0 saturated heterocycles. The molecule has 0 bridgehead atoms. The summed E-state index contributed by atoms with van der Waals surface area (Å²) in [5.74, 6) is 0.202. The van der Waals surface area contributed by atoms with Crippen LogP contribution in [-0.2, 0) is 9.53 Å². The molecule has 82 valence electrons. The van der Waals surface area contributed by atoms with Gasteiger partial charge in [0.2, 0.25) is 0 Å². The molecule has 15 heavy (non-hydrogen) atoms. The summed E-state index contributed by atoms with van der Waals surface area (Å²) in [4.78, 5) is 11.5. The van der Waals surface area contributed by atoms with Gasteiger partial charge in [-0.3, -0.25) is 9.48 Å². The van der Waals surface area contributed by atoms with E-state index in [4.69, 9.17) is 4.74 Å². The lowest BCUT2D eigenvalue weighted by molar-refractivity contribution is -0.157. The second kappa shape index (κ2) is 3.45. The standard InChI is InChI=1S/C11H16N2O2/c1-11(2,3)15-9-7-8(14)10(9)13-6-4-5-12-13/h4-6,9-10H,7H2,1-3H3. The van der Waals surface area contributed by atoms with Crippen LogP contribution in [0.4, 0.5) is 0 Å². The van der Waals surface area contributed by atoms with Crippen LogP contribution in [0.2, 0.25) is 0 Å². The van der Waals surface area contributed by atoms with Crippen LogP contribution in [0.1, 0.15) is 33.2 Å². The SMILES string of the molecule is CC(C)(C)OC1CC(=O)C1n1cccn1. The van der Waals surface area contributed by atoms with E-state index in [1.165, 1.54) is 0 Å². The van der Waals surface area contributed by atoms with Crippen molar-refractivity contribution < 1.29 is 9.53 Å². The van der Waals surface area contributed by atoms with E-state index in [9.17, 15) is 4.79 Å². The van der Waals surface area contributed by atoms with Crippen molar-refractivity contribution in [2.75, 3.05) is 0 Å². The molecule has 0 N–H and O–H groups in total. The lowest BCUT2D eigenvalue weighted by Gasteiger charge is -2.38. The minimum Gasteiger partial charge on any atom is -0.369 e. The van der Waals surface area contributed by atoms with Crippen LogP contribution in [0.3, 0.4) is 0 Å². The van der Waals surface area contributed by atoms with E-state index in [0.717, 1.165) is 0 Å². The molecule has 1 aliphatic rings. The van der Waals surface area contributed by atoms with Crippen LogP contribution in [-0.4, -0.2) is 27.3 Å². The molecule has 0 aromatic carbocycles.